The molecular weight excluding hydrogens is 256 g/mol. The normalized spacial score (nSPS) is 19.4. The summed E-state index contributed by atoms with van der Waals surface area (Å²) in [5.41, 5.74) is 0.185. The number of allylic oxidation sites excluding steroid dienone is 2. The molecule has 4 heteroatoms. The Kier molecular flexibility index (Phi) is 3.79. The Morgan fingerprint density at radius 1 is 1.35 bits per heavy atom. The van der Waals surface area contributed by atoms with Gasteiger partial charge in [0.15, 0.2) is 5.78 Å². The van der Waals surface area contributed by atoms with E-state index in [9.17, 15) is 15.0 Å². The van der Waals surface area contributed by atoms with Crippen molar-refractivity contribution < 1.29 is 19.7 Å². The molecule has 0 saturated heterocycles. The Morgan fingerprint density at radius 3 is 2.60 bits per heavy atom. The van der Waals surface area contributed by atoms with Crippen LogP contribution in [0.5, 0.6) is 0 Å². The monoisotopic (exact) mass is 274 g/mol. The molecule has 20 heavy (non-hydrogen) atoms. The van der Waals surface area contributed by atoms with E-state index in [4.69, 9.17) is 4.74 Å². The number of hydrogen-bond donors (Lipinski definition) is 2. The first-order valence-corrected chi connectivity index (χ1v) is 6.36. The number of rotatable bonds is 3. The van der Waals surface area contributed by atoms with Gasteiger partial charge in [0.1, 0.15) is 11.4 Å². The number of carbonyl (C=O) groups excluding carboxylic acids is 1. The molecule has 1 aromatic rings. The molecule has 0 aromatic heterocycles. The second-order valence-electron chi connectivity index (χ2n) is 5.25. The average molecular weight is 274 g/mol. The minimum absolute atomic E-state index is 0.190. The van der Waals surface area contributed by atoms with Crippen molar-refractivity contribution in [3.05, 3.63) is 58.9 Å². The third-order valence-electron chi connectivity index (χ3n) is 3.23. The minimum atomic E-state index is -1.20. The highest BCUT2D eigenvalue weighted by atomic mass is 16.5. The zero-order valence-electron chi connectivity index (χ0n) is 11.8. The van der Waals surface area contributed by atoms with Crippen LogP contribution in [-0.2, 0) is 4.74 Å². The van der Waals surface area contributed by atoms with Gasteiger partial charge in [-0.3, -0.25) is 4.79 Å². The predicted octanol–water partition coefficient (Wildman–Crippen LogP) is 2.14. The second kappa shape index (κ2) is 5.23. The van der Waals surface area contributed by atoms with Crippen molar-refractivity contribution in [2.24, 2.45) is 0 Å². The fourth-order valence-corrected chi connectivity index (χ4v) is 2.19. The highest BCUT2D eigenvalue weighted by Gasteiger charge is 2.27. The van der Waals surface area contributed by atoms with Crippen molar-refractivity contribution in [2.45, 2.75) is 25.6 Å². The van der Waals surface area contributed by atoms with Gasteiger partial charge in [0.2, 0.25) is 0 Å². The molecule has 1 atom stereocenters. The van der Waals surface area contributed by atoms with Crippen LogP contribution < -0.4 is 0 Å². The first-order chi connectivity index (χ1) is 9.34. The van der Waals surface area contributed by atoms with Crippen molar-refractivity contribution in [3.63, 3.8) is 0 Å². The molecule has 0 radical (unpaired) electrons. The summed E-state index contributed by atoms with van der Waals surface area (Å²) in [6, 6.07) is 6.94. The molecule has 2 rings (SSSR count). The summed E-state index contributed by atoms with van der Waals surface area (Å²) in [5.74, 6) is 0.0772. The zero-order chi connectivity index (χ0) is 14.9. The van der Waals surface area contributed by atoms with Crippen LogP contribution in [0.4, 0.5) is 0 Å². The molecule has 1 unspecified atom stereocenters. The number of aliphatic hydroxyl groups excluding tert-OH is 1. The molecule has 0 bridgehead atoms. The lowest BCUT2D eigenvalue weighted by molar-refractivity contribution is 0.0550. The second-order valence-corrected chi connectivity index (χ2v) is 5.25. The lowest BCUT2D eigenvalue weighted by Gasteiger charge is -2.23. The standard InChI is InChI=1S/C16H18O4/c1-16(2,19)14(20-3)9-10-8-13(17)11-6-4-5-7-12(11)15(10)18/h4-9,13,17,19H,1-3H3/b14-9-. The van der Waals surface area contributed by atoms with Crippen LogP contribution in [0.15, 0.2) is 47.7 Å². The lowest BCUT2D eigenvalue weighted by atomic mass is 9.87. The maximum absolute atomic E-state index is 12.4. The lowest BCUT2D eigenvalue weighted by Crippen LogP contribution is -2.24. The van der Waals surface area contributed by atoms with Crippen molar-refractivity contribution >= 4 is 5.78 Å². The number of ketones is 1. The van der Waals surface area contributed by atoms with Crippen molar-refractivity contribution in [2.75, 3.05) is 7.11 Å². The first kappa shape index (κ1) is 14.5. The van der Waals surface area contributed by atoms with Gasteiger partial charge in [-0.15, -0.1) is 0 Å². The third kappa shape index (κ3) is 2.66. The maximum atomic E-state index is 12.4. The van der Waals surface area contributed by atoms with Crippen LogP contribution in [0.25, 0.3) is 0 Å². The zero-order valence-corrected chi connectivity index (χ0v) is 11.8. The Labute approximate surface area is 118 Å². The molecule has 1 aromatic carbocycles. The topological polar surface area (TPSA) is 66.8 Å². The number of fused-ring (bicyclic) bond motifs is 1. The molecule has 0 heterocycles. The van der Waals surface area contributed by atoms with E-state index in [0.717, 1.165) is 0 Å². The Morgan fingerprint density at radius 2 is 2.00 bits per heavy atom. The highest BCUT2D eigenvalue weighted by Crippen LogP contribution is 2.30. The largest absolute Gasteiger partial charge is 0.498 e. The van der Waals surface area contributed by atoms with E-state index in [1.165, 1.54) is 19.3 Å². The van der Waals surface area contributed by atoms with Crippen LogP contribution in [0.1, 0.15) is 35.9 Å². The molecule has 0 fully saturated rings. The fourth-order valence-electron chi connectivity index (χ4n) is 2.19. The summed E-state index contributed by atoms with van der Waals surface area (Å²) in [4.78, 5) is 12.4. The SMILES string of the molecule is CO/C(=C\C1=CC(O)c2ccccc2C1=O)C(C)(C)O. The van der Waals surface area contributed by atoms with Crippen LogP contribution in [-0.4, -0.2) is 28.7 Å². The maximum Gasteiger partial charge on any atom is 0.193 e. The van der Waals surface area contributed by atoms with Crippen LogP contribution in [0.2, 0.25) is 0 Å². The van der Waals surface area contributed by atoms with E-state index in [2.05, 4.69) is 0 Å². The molecular formula is C16H18O4. The molecule has 0 saturated carbocycles. The number of methoxy groups -OCH3 is 1. The summed E-state index contributed by atoms with van der Waals surface area (Å²) in [6.45, 7) is 3.14. The van der Waals surface area contributed by atoms with Crippen molar-refractivity contribution in [1.29, 1.82) is 0 Å². The molecule has 1 aliphatic rings. The van der Waals surface area contributed by atoms with E-state index in [1.807, 2.05) is 0 Å². The summed E-state index contributed by atoms with van der Waals surface area (Å²) < 4.78 is 5.13. The number of carbonyl (C=O) groups is 1. The van der Waals surface area contributed by atoms with Gasteiger partial charge in [-0.05, 0) is 31.6 Å². The molecule has 106 valence electrons. The van der Waals surface area contributed by atoms with Gasteiger partial charge in [0, 0.05) is 11.1 Å². The van der Waals surface area contributed by atoms with Gasteiger partial charge in [0.25, 0.3) is 0 Å². The van der Waals surface area contributed by atoms with Gasteiger partial charge in [-0.2, -0.15) is 0 Å². The van der Waals surface area contributed by atoms with E-state index in [1.54, 1.807) is 38.1 Å². The molecule has 2 N–H and O–H groups in total. The van der Waals surface area contributed by atoms with Gasteiger partial charge in [0.05, 0.1) is 13.2 Å². The molecule has 4 nitrogen and oxygen atoms in total. The minimum Gasteiger partial charge on any atom is -0.498 e. The Balaban J connectivity index is 2.46. The van der Waals surface area contributed by atoms with Crippen molar-refractivity contribution in [1.82, 2.24) is 0 Å². The summed E-state index contributed by atoms with van der Waals surface area (Å²) >= 11 is 0. The highest BCUT2D eigenvalue weighted by molar-refractivity contribution is 6.12. The number of benzene rings is 1. The van der Waals surface area contributed by atoms with Gasteiger partial charge in [-0.25, -0.2) is 0 Å². The molecule has 0 spiro atoms. The number of ether oxygens (including phenoxy) is 1. The Bertz CT molecular complexity index is 591. The van der Waals surface area contributed by atoms with Gasteiger partial charge >= 0.3 is 0 Å². The van der Waals surface area contributed by atoms with Crippen LogP contribution in [0.3, 0.4) is 0 Å². The summed E-state index contributed by atoms with van der Waals surface area (Å²) in [5, 5.41) is 20.0. The number of hydrogen-bond acceptors (Lipinski definition) is 4. The first-order valence-electron chi connectivity index (χ1n) is 6.36. The van der Waals surface area contributed by atoms with Gasteiger partial charge < -0.3 is 14.9 Å². The van der Waals surface area contributed by atoms with Crippen LogP contribution >= 0.6 is 0 Å². The van der Waals surface area contributed by atoms with E-state index in [0.29, 0.717) is 16.7 Å². The summed E-state index contributed by atoms with van der Waals surface area (Å²) in [7, 11) is 1.43. The summed E-state index contributed by atoms with van der Waals surface area (Å²) in [6.07, 6.45) is 2.10. The average Bonchev–Trinajstić information content (AvgIpc) is 2.40. The molecule has 0 aliphatic heterocycles. The smallest absolute Gasteiger partial charge is 0.193 e. The van der Waals surface area contributed by atoms with Gasteiger partial charge in [-0.1, -0.05) is 24.3 Å². The molecule has 0 amide bonds. The van der Waals surface area contributed by atoms with Crippen LogP contribution in [0, 0.1) is 0 Å². The number of aliphatic hydroxyl groups is 2. The third-order valence-corrected chi connectivity index (χ3v) is 3.23. The van der Waals surface area contributed by atoms with E-state index in [-0.39, 0.29) is 11.5 Å². The van der Waals surface area contributed by atoms with E-state index >= 15 is 0 Å². The quantitative estimate of drug-likeness (QED) is 0.829. The van der Waals surface area contributed by atoms with E-state index < -0.39 is 11.7 Å². The fraction of sp³-hybridized carbons (Fsp3) is 0.312. The number of Topliss-reactive ketones (excluding diaryl/α,β-unsaturated/α-hetero) is 1. The predicted molar refractivity (Wildman–Crippen MR) is 75.2 cm³/mol. The molecule has 1 aliphatic carbocycles. The Hall–Kier alpha value is -1.91. The van der Waals surface area contributed by atoms with Crippen molar-refractivity contribution in [3.8, 4) is 0 Å².